The van der Waals surface area contributed by atoms with E-state index in [-0.39, 0.29) is 18.6 Å². The third kappa shape index (κ3) is 2.80. The lowest BCUT2D eigenvalue weighted by atomic mass is 10.4. The second-order valence-electron chi connectivity index (χ2n) is 2.19. The first-order chi connectivity index (χ1) is 4.83. The summed E-state index contributed by atoms with van der Waals surface area (Å²) >= 11 is 0. The first-order valence-electron chi connectivity index (χ1n) is 3.20. The molecule has 0 radical (unpaired) electrons. The summed E-state index contributed by atoms with van der Waals surface area (Å²) in [5, 5.41) is 2.66. The molecule has 0 spiro atoms. The Balaban J connectivity index is 1.94. The van der Waals surface area contributed by atoms with Crippen molar-refractivity contribution in [1.82, 2.24) is 5.32 Å². The maximum absolute atomic E-state index is 10.7. The average Bonchev–Trinajstić information content (AvgIpc) is 2.67. The number of epoxide rings is 1. The van der Waals surface area contributed by atoms with Gasteiger partial charge in [0.2, 0.25) is 5.91 Å². The van der Waals surface area contributed by atoms with E-state index in [2.05, 4.69) is 10.1 Å². The molecule has 1 fully saturated rings. The second-order valence-corrected chi connectivity index (χ2v) is 2.19. The summed E-state index contributed by atoms with van der Waals surface area (Å²) in [4.78, 5) is 10.7. The average molecular weight is 145 g/mol. The summed E-state index contributed by atoms with van der Waals surface area (Å²) in [5.41, 5.74) is 0. The normalized spacial score (nSPS) is 22.3. The number of ether oxygens (including phenoxy) is 2. The van der Waals surface area contributed by atoms with E-state index in [0.29, 0.717) is 6.54 Å². The summed E-state index contributed by atoms with van der Waals surface area (Å²) in [5.74, 6) is -0.0852. The van der Waals surface area contributed by atoms with Crippen LogP contribution in [0.2, 0.25) is 0 Å². The standard InChI is InChI=1S/C6H11NO3/c1-9-4-6(8)7-2-5-3-10-5/h5H,2-4H2,1H3,(H,7,8)/t5-/m1/s1. The Morgan fingerprint density at radius 3 is 3.10 bits per heavy atom. The number of nitrogens with one attached hydrogen (secondary N) is 1. The van der Waals surface area contributed by atoms with Gasteiger partial charge < -0.3 is 14.8 Å². The van der Waals surface area contributed by atoms with Gasteiger partial charge in [0.05, 0.1) is 12.7 Å². The van der Waals surface area contributed by atoms with Gasteiger partial charge in [0, 0.05) is 13.7 Å². The molecule has 4 heteroatoms. The highest BCUT2D eigenvalue weighted by atomic mass is 16.6. The SMILES string of the molecule is COCC(=O)NC[C@@H]1CO1. The molecule has 0 saturated carbocycles. The van der Waals surface area contributed by atoms with Crippen molar-refractivity contribution in [3.63, 3.8) is 0 Å². The summed E-state index contributed by atoms with van der Waals surface area (Å²) < 4.78 is 9.48. The fourth-order valence-electron chi connectivity index (χ4n) is 0.596. The zero-order valence-corrected chi connectivity index (χ0v) is 5.92. The number of hydrogen-bond donors (Lipinski definition) is 1. The molecule has 1 heterocycles. The number of carbonyl (C=O) groups excluding carboxylic acids is 1. The van der Waals surface area contributed by atoms with E-state index in [1.807, 2.05) is 0 Å². The number of hydrogen-bond acceptors (Lipinski definition) is 3. The largest absolute Gasteiger partial charge is 0.375 e. The molecule has 4 nitrogen and oxygen atoms in total. The van der Waals surface area contributed by atoms with Crippen LogP contribution in [0.4, 0.5) is 0 Å². The van der Waals surface area contributed by atoms with Gasteiger partial charge in [-0.25, -0.2) is 0 Å². The van der Waals surface area contributed by atoms with Gasteiger partial charge in [0.1, 0.15) is 6.61 Å². The molecule has 0 aromatic carbocycles. The molecular formula is C6H11NO3. The lowest BCUT2D eigenvalue weighted by molar-refractivity contribution is -0.124. The minimum atomic E-state index is -0.0852. The highest BCUT2D eigenvalue weighted by Crippen LogP contribution is 2.05. The van der Waals surface area contributed by atoms with E-state index in [1.54, 1.807) is 0 Å². The third-order valence-electron chi connectivity index (χ3n) is 1.20. The van der Waals surface area contributed by atoms with Gasteiger partial charge >= 0.3 is 0 Å². The van der Waals surface area contributed by atoms with Crippen LogP contribution in [-0.2, 0) is 14.3 Å². The number of carbonyl (C=O) groups is 1. The van der Waals surface area contributed by atoms with Gasteiger partial charge in [-0.3, -0.25) is 4.79 Å². The summed E-state index contributed by atoms with van der Waals surface area (Å²) in [7, 11) is 1.49. The first-order valence-corrected chi connectivity index (χ1v) is 3.20. The van der Waals surface area contributed by atoms with E-state index in [0.717, 1.165) is 6.61 Å². The van der Waals surface area contributed by atoms with Crippen molar-refractivity contribution in [2.24, 2.45) is 0 Å². The molecule has 1 saturated heterocycles. The van der Waals surface area contributed by atoms with E-state index in [4.69, 9.17) is 4.74 Å². The Bertz CT molecular complexity index is 122. The molecule has 1 aliphatic heterocycles. The number of rotatable bonds is 4. The van der Waals surface area contributed by atoms with Crippen molar-refractivity contribution in [3.05, 3.63) is 0 Å². The first kappa shape index (κ1) is 7.50. The van der Waals surface area contributed by atoms with Crippen molar-refractivity contribution >= 4 is 5.91 Å². The molecule has 0 aromatic rings. The van der Waals surface area contributed by atoms with Crippen LogP contribution in [0.25, 0.3) is 0 Å². The van der Waals surface area contributed by atoms with E-state index in [1.165, 1.54) is 7.11 Å². The summed E-state index contributed by atoms with van der Waals surface area (Å²) in [6.45, 7) is 1.52. The molecule has 0 aliphatic carbocycles. The number of amides is 1. The highest BCUT2D eigenvalue weighted by Gasteiger charge is 2.22. The number of methoxy groups -OCH3 is 1. The Morgan fingerprint density at radius 2 is 2.60 bits per heavy atom. The summed E-state index contributed by atoms with van der Waals surface area (Å²) in [6.07, 6.45) is 0.251. The maximum Gasteiger partial charge on any atom is 0.246 e. The predicted molar refractivity (Wildman–Crippen MR) is 34.6 cm³/mol. The van der Waals surface area contributed by atoms with Gasteiger partial charge in [0.15, 0.2) is 0 Å². The van der Waals surface area contributed by atoms with Gasteiger partial charge in [-0.2, -0.15) is 0 Å². The van der Waals surface area contributed by atoms with Gasteiger partial charge in [0.25, 0.3) is 0 Å². The minimum absolute atomic E-state index is 0.0852. The van der Waals surface area contributed by atoms with Crippen LogP contribution in [0.15, 0.2) is 0 Å². The van der Waals surface area contributed by atoms with Crippen LogP contribution >= 0.6 is 0 Å². The van der Waals surface area contributed by atoms with Crippen molar-refractivity contribution in [3.8, 4) is 0 Å². The van der Waals surface area contributed by atoms with Crippen LogP contribution in [0.5, 0.6) is 0 Å². The Labute approximate surface area is 59.5 Å². The zero-order chi connectivity index (χ0) is 7.40. The molecule has 0 unspecified atom stereocenters. The maximum atomic E-state index is 10.7. The fraction of sp³-hybridized carbons (Fsp3) is 0.833. The van der Waals surface area contributed by atoms with Crippen LogP contribution in [0, 0.1) is 0 Å². The smallest absolute Gasteiger partial charge is 0.246 e. The highest BCUT2D eigenvalue weighted by molar-refractivity contribution is 5.77. The van der Waals surface area contributed by atoms with E-state index < -0.39 is 0 Å². The predicted octanol–water partition coefficient (Wildman–Crippen LogP) is -0.852. The topological polar surface area (TPSA) is 50.9 Å². The van der Waals surface area contributed by atoms with E-state index in [9.17, 15) is 4.79 Å². The van der Waals surface area contributed by atoms with Gasteiger partial charge in [-0.1, -0.05) is 0 Å². The third-order valence-corrected chi connectivity index (χ3v) is 1.20. The summed E-state index contributed by atoms with van der Waals surface area (Å²) in [6, 6.07) is 0. The molecular weight excluding hydrogens is 134 g/mol. The lowest BCUT2D eigenvalue weighted by Gasteiger charge is -1.99. The molecule has 0 bridgehead atoms. The van der Waals surface area contributed by atoms with Crippen LogP contribution in [-0.4, -0.2) is 38.9 Å². The Kier molecular flexibility index (Phi) is 2.65. The Hall–Kier alpha value is -0.610. The minimum Gasteiger partial charge on any atom is -0.375 e. The second kappa shape index (κ2) is 3.53. The molecule has 58 valence electrons. The van der Waals surface area contributed by atoms with Crippen molar-refractivity contribution < 1.29 is 14.3 Å². The molecule has 1 aliphatic rings. The molecule has 1 N–H and O–H groups in total. The monoisotopic (exact) mass is 145 g/mol. The molecule has 1 rings (SSSR count). The quantitative estimate of drug-likeness (QED) is 0.524. The van der Waals surface area contributed by atoms with Crippen molar-refractivity contribution in [2.45, 2.75) is 6.10 Å². The van der Waals surface area contributed by atoms with Gasteiger partial charge in [-0.05, 0) is 0 Å². The van der Waals surface area contributed by atoms with Gasteiger partial charge in [-0.15, -0.1) is 0 Å². The molecule has 10 heavy (non-hydrogen) atoms. The van der Waals surface area contributed by atoms with Crippen LogP contribution < -0.4 is 5.32 Å². The Morgan fingerprint density at radius 1 is 1.90 bits per heavy atom. The van der Waals surface area contributed by atoms with Crippen molar-refractivity contribution in [2.75, 3.05) is 26.9 Å². The van der Waals surface area contributed by atoms with Crippen LogP contribution in [0.3, 0.4) is 0 Å². The van der Waals surface area contributed by atoms with E-state index >= 15 is 0 Å². The molecule has 0 aromatic heterocycles. The molecule has 1 amide bonds. The van der Waals surface area contributed by atoms with Crippen LogP contribution in [0.1, 0.15) is 0 Å². The molecule has 1 atom stereocenters. The lowest BCUT2D eigenvalue weighted by Crippen LogP contribution is -2.30. The zero-order valence-electron chi connectivity index (χ0n) is 5.92. The van der Waals surface area contributed by atoms with Crippen molar-refractivity contribution in [1.29, 1.82) is 0 Å². The fourth-order valence-corrected chi connectivity index (χ4v) is 0.596.